The molecule has 0 heterocycles. The Balaban J connectivity index is 2.37. The van der Waals surface area contributed by atoms with Gasteiger partial charge in [0, 0.05) is 18.1 Å². The van der Waals surface area contributed by atoms with Crippen molar-refractivity contribution >= 4 is 12.1 Å². The van der Waals surface area contributed by atoms with Crippen LogP contribution in [0, 0.1) is 0 Å². The van der Waals surface area contributed by atoms with Crippen LogP contribution in [0.4, 0.5) is 0 Å². The molecule has 0 saturated heterocycles. The Labute approximate surface area is 163 Å². The molecule has 6 nitrogen and oxygen atoms in total. The first-order valence-corrected chi connectivity index (χ1v) is 9.78. The molecule has 1 aromatic rings. The third kappa shape index (κ3) is 8.80. The molecule has 6 heteroatoms. The summed E-state index contributed by atoms with van der Waals surface area (Å²) >= 11 is 0. The van der Waals surface area contributed by atoms with Crippen molar-refractivity contribution in [3.63, 3.8) is 0 Å². The van der Waals surface area contributed by atoms with Crippen LogP contribution in [-0.4, -0.2) is 33.5 Å². The number of nitrogens with zero attached hydrogens (tertiary/aromatic N) is 1. The summed E-state index contributed by atoms with van der Waals surface area (Å²) in [5, 5.41) is 4.03. The maximum Gasteiger partial charge on any atom is 0.240 e. The fourth-order valence-electron chi connectivity index (χ4n) is 2.80. The van der Waals surface area contributed by atoms with Gasteiger partial charge in [-0.05, 0) is 12.5 Å². The summed E-state index contributed by atoms with van der Waals surface area (Å²) in [6.45, 7) is 2.22. The molecular weight excluding hydrogens is 344 g/mol. The second-order valence-electron chi connectivity index (χ2n) is 6.47. The topological polar surface area (TPSA) is 69.2 Å². The maximum absolute atomic E-state index is 11.9. The Kier molecular flexibility index (Phi) is 11.7. The van der Waals surface area contributed by atoms with E-state index in [0.29, 0.717) is 29.2 Å². The summed E-state index contributed by atoms with van der Waals surface area (Å²) in [4.78, 5) is 11.9. The summed E-state index contributed by atoms with van der Waals surface area (Å²) in [5.41, 5.74) is 3.27. The van der Waals surface area contributed by atoms with E-state index in [1.54, 1.807) is 39.7 Å². The molecule has 27 heavy (non-hydrogen) atoms. The van der Waals surface area contributed by atoms with Gasteiger partial charge in [-0.25, -0.2) is 5.43 Å². The largest absolute Gasteiger partial charge is 0.496 e. The number of hydrazone groups is 1. The van der Waals surface area contributed by atoms with Crippen LogP contribution in [0.1, 0.15) is 70.3 Å². The van der Waals surface area contributed by atoms with Gasteiger partial charge < -0.3 is 14.2 Å². The van der Waals surface area contributed by atoms with E-state index in [9.17, 15) is 4.79 Å². The minimum atomic E-state index is -0.0725. The molecule has 0 aliphatic carbocycles. The average molecular weight is 379 g/mol. The first-order valence-electron chi connectivity index (χ1n) is 9.78. The number of rotatable bonds is 14. The van der Waals surface area contributed by atoms with Crippen molar-refractivity contribution < 1.29 is 19.0 Å². The number of unbranched alkanes of at least 4 members (excludes halogenated alkanes) is 7. The number of benzene rings is 1. The molecule has 152 valence electrons. The van der Waals surface area contributed by atoms with Crippen molar-refractivity contribution in [2.45, 2.75) is 64.7 Å². The highest BCUT2D eigenvalue weighted by atomic mass is 16.5. The van der Waals surface area contributed by atoms with Gasteiger partial charge in [0.25, 0.3) is 0 Å². The molecule has 0 aliphatic rings. The molecule has 0 radical (unpaired) electrons. The summed E-state index contributed by atoms with van der Waals surface area (Å²) in [6.07, 6.45) is 11.7. The van der Waals surface area contributed by atoms with Crippen molar-refractivity contribution in [2.75, 3.05) is 21.3 Å². The standard InChI is InChI=1S/C21H34N2O4/c1-5-6-7-8-9-10-11-12-13-21(24)23-22-16-17-14-19(26-3)20(27-4)15-18(17)25-2/h14-16H,5-13H2,1-4H3,(H,23,24)/b22-16-. The van der Waals surface area contributed by atoms with Gasteiger partial charge >= 0.3 is 0 Å². The molecule has 1 rings (SSSR count). The molecule has 0 fully saturated rings. The number of nitrogens with one attached hydrogen (secondary N) is 1. The quantitative estimate of drug-likeness (QED) is 0.290. The van der Waals surface area contributed by atoms with E-state index in [2.05, 4.69) is 17.5 Å². The van der Waals surface area contributed by atoms with E-state index >= 15 is 0 Å². The second kappa shape index (κ2) is 13.9. The van der Waals surface area contributed by atoms with Gasteiger partial charge in [0.1, 0.15) is 5.75 Å². The van der Waals surface area contributed by atoms with Gasteiger partial charge in [-0.15, -0.1) is 0 Å². The Hall–Kier alpha value is -2.24. The summed E-state index contributed by atoms with van der Waals surface area (Å²) in [6, 6.07) is 3.48. The van der Waals surface area contributed by atoms with Crippen LogP contribution in [0.15, 0.2) is 17.2 Å². The predicted octanol–water partition coefficient (Wildman–Crippen LogP) is 4.69. The number of ether oxygens (including phenoxy) is 3. The van der Waals surface area contributed by atoms with Crippen LogP contribution in [0.3, 0.4) is 0 Å². The molecule has 1 N–H and O–H groups in total. The highest BCUT2D eigenvalue weighted by molar-refractivity contribution is 5.86. The monoisotopic (exact) mass is 378 g/mol. The lowest BCUT2D eigenvalue weighted by Crippen LogP contribution is -2.17. The highest BCUT2D eigenvalue weighted by Gasteiger charge is 2.10. The molecule has 0 bridgehead atoms. The molecule has 0 aromatic heterocycles. The van der Waals surface area contributed by atoms with E-state index in [4.69, 9.17) is 14.2 Å². The fourth-order valence-corrected chi connectivity index (χ4v) is 2.80. The minimum absolute atomic E-state index is 0.0725. The van der Waals surface area contributed by atoms with Crippen LogP contribution < -0.4 is 19.6 Å². The SMILES string of the molecule is CCCCCCCCCCC(=O)N/N=C\c1cc(OC)c(OC)cc1OC. The van der Waals surface area contributed by atoms with Gasteiger partial charge in [0.15, 0.2) is 11.5 Å². The van der Waals surface area contributed by atoms with Crippen LogP contribution in [0.5, 0.6) is 17.2 Å². The molecule has 0 spiro atoms. The van der Waals surface area contributed by atoms with Crippen LogP contribution in [0.25, 0.3) is 0 Å². The van der Waals surface area contributed by atoms with E-state index in [1.807, 2.05) is 0 Å². The molecule has 0 unspecified atom stereocenters. The van der Waals surface area contributed by atoms with Crippen LogP contribution in [-0.2, 0) is 4.79 Å². The van der Waals surface area contributed by atoms with E-state index < -0.39 is 0 Å². The normalized spacial score (nSPS) is 10.8. The van der Waals surface area contributed by atoms with Crippen molar-refractivity contribution in [3.8, 4) is 17.2 Å². The zero-order valence-corrected chi connectivity index (χ0v) is 17.2. The van der Waals surface area contributed by atoms with Crippen LogP contribution >= 0.6 is 0 Å². The van der Waals surface area contributed by atoms with Gasteiger partial charge in [-0.2, -0.15) is 5.10 Å². The third-order valence-electron chi connectivity index (χ3n) is 4.39. The van der Waals surface area contributed by atoms with Crippen molar-refractivity contribution in [2.24, 2.45) is 5.10 Å². The minimum Gasteiger partial charge on any atom is -0.496 e. The second-order valence-corrected chi connectivity index (χ2v) is 6.47. The maximum atomic E-state index is 11.9. The predicted molar refractivity (Wildman–Crippen MR) is 109 cm³/mol. The number of carbonyl (C=O) groups is 1. The van der Waals surface area contributed by atoms with E-state index in [1.165, 1.54) is 38.5 Å². The van der Waals surface area contributed by atoms with E-state index in [0.717, 1.165) is 12.8 Å². The van der Waals surface area contributed by atoms with Gasteiger partial charge in [0.2, 0.25) is 5.91 Å². The first kappa shape index (κ1) is 22.8. The Morgan fingerprint density at radius 3 is 2.04 bits per heavy atom. The summed E-state index contributed by atoms with van der Waals surface area (Å²) < 4.78 is 15.9. The third-order valence-corrected chi connectivity index (χ3v) is 4.39. The molecule has 1 amide bonds. The lowest BCUT2D eigenvalue weighted by atomic mass is 10.1. The number of hydrogen-bond donors (Lipinski definition) is 1. The highest BCUT2D eigenvalue weighted by Crippen LogP contribution is 2.33. The van der Waals surface area contributed by atoms with Gasteiger partial charge in [0.05, 0.1) is 27.5 Å². The Morgan fingerprint density at radius 1 is 0.889 bits per heavy atom. The molecule has 0 saturated carbocycles. The summed E-state index contributed by atoms with van der Waals surface area (Å²) in [5.74, 6) is 1.67. The summed E-state index contributed by atoms with van der Waals surface area (Å²) in [7, 11) is 4.70. The smallest absolute Gasteiger partial charge is 0.240 e. The first-order chi connectivity index (χ1) is 13.2. The Morgan fingerprint density at radius 2 is 1.44 bits per heavy atom. The molecule has 0 atom stereocenters. The molecule has 1 aromatic carbocycles. The van der Waals surface area contributed by atoms with Crippen molar-refractivity contribution in [1.29, 1.82) is 0 Å². The number of amides is 1. The molecule has 0 aliphatic heterocycles. The number of methoxy groups -OCH3 is 3. The molecular formula is C21H34N2O4. The zero-order valence-electron chi connectivity index (χ0n) is 17.2. The van der Waals surface area contributed by atoms with Gasteiger partial charge in [-0.3, -0.25) is 4.79 Å². The lowest BCUT2D eigenvalue weighted by Gasteiger charge is -2.11. The Bertz CT molecular complexity index is 588. The lowest BCUT2D eigenvalue weighted by molar-refractivity contribution is -0.121. The fraction of sp³-hybridized carbons (Fsp3) is 0.619. The number of hydrogen-bond acceptors (Lipinski definition) is 5. The average Bonchev–Trinajstić information content (AvgIpc) is 2.69. The van der Waals surface area contributed by atoms with Crippen molar-refractivity contribution in [1.82, 2.24) is 5.43 Å². The number of carbonyl (C=O) groups excluding carboxylic acids is 1. The van der Waals surface area contributed by atoms with Crippen molar-refractivity contribution in [3.05, 3.63) is 17.7 Å². The zero-order chi connectivity index (χ0) is 19.9. The van der Waals surface area contributed by atoms with Crippen LogP contribution in [0.2, 0.25) is 0 Å². The van der Waals surface area contributed by atoms with E-state index in [-0.39, 0.29) is 5.91 Å². The van der Waals surface area contributed by atoms with Gasteiger partial charge in [-0.1, -0.05) is 51.9 Å².